The van der Waals surface area contributed by atoms with Crippen LogP contribution in [0.5, 0.6) is 0 Å². The summed E-state index contributed by atoms with van der Waals surface area (Å²) in [5.41, 5.74) is 0. The van der Waals surface area contributed by atoms with E-state index in [1.54, 1.807) is 9.75 Å². The number of fused-ring (bicyclic) bond motifs is 5. The zero-order valence-corrected chi connectivity index (χ0v) is 31.2. The lowest BCUT2D eigenvalue weighted by atomic mass is 10.0. The van der Waals surface area contributed by atoms with Crippen molar-refractivity contribution in [3.63, 3.8) is 0 Å². The standard InChI is InChI=1S/C38H54Br2S2/c1-3-5-7-9-11-13-15-17-19-21-23-29-25-33-31-27-36(40)38-34(32(31)28-35(39)37(33)41-29)26-30(42-38)24-22-20-18-16-14-12-10-8-6-4-2/h25-28H,3-24H2,1-2H3. The van der Waals surface area contributed by atoms with Crippen molar-refractivity contribution in [1.82, 2.24) is 0 Å². The smallest absolute Gasteiger partial charge is 0.0494 e. The third-order valence-electron chi connectivity index (χ3n) is 8.97. The molecule has 232 valence electrons. The zero-order valence-electron chi connectivity index (χ0n) is 26.4. The Bertz CT molecular complexity index is 1240. The van der Waals surface area contributed by atoms with Gasteiger partial charge < -0.3 is 0 Å². The van der Waals surface area contributed by atoms with Crippen molar-refractivity contribution in [2.24, 2.45) is 0 Å². The first-order chi connectivity index (χ1) is 20.6. The third kappa shape index (κ3) is 10.3. The average molecular weight is 735 g/mol. The molecule has 2 aromatic carbocycles. The zero-order chi connectivity index (χ0) is 29.6. The number of rotatable bonds is 22. The monoisotopic (exact) mass is 732 g/mol. The predicted octanol–water partition coefficient (Wildman–Crippen LogP) is 15.7. The first kappa shape index (κ1) is 34.5. The van der Waals surface area contributed by atoms with Crippen molar-refractivity contribution in [2.45, 2.75) is 155 Å². The molecule has 4 aromatic rings. The van der Waals surface area contributed by atoms with Gasteiger partial charge in [0.25, 0.3) is 0 Å². The topological polar surface area (TPSA) is 0 Å². The second-order valence-electron chi connectivity index (χ2n) is 12.6. The summed E-state index contributed by atoms with van der Waals surface area (Å²) in [5.74, 6) is 0. The van der Waals surface area contributed by atoms with Crippen LogP contribution in [-0.4, -0.2) is 0 Å². The maximum atomic E-state index is 3.97. The molecule has 0 saturated carbocycles. The van der Waals surface area contributed by atoms with Gasteiger partial charge in [-0.05, 0) is 92.6 Å². The van der Waals surface area contributed by atoms with Gasteiger partial charge in [0, 0.05) is 38.9 Å². The first-order valence-electron chi connectivity index (χ1n) is 17.4. The number of aryl methyl sites for hydroxylation is 2. The largest absolute Gasteiger partial charge is 0.139 e. The molecule has 0 amide bonds. The Kier molecular flexibility index (Phi) is 15.7. The van der Waals surface area contributed by atoms with Gasteiger partial charge in [0.2, 0.25) is 0 Å². The van der Waals surface area contributed by atoms with Crippen LogP contribution in [-0.2, 0) is 12.8 Å². The van der Waals surface area contributed by atoms with E-state index in [2.05, 4.69) is 70.0 Å². The van der Waals surface area contributed by atoms with E-state index in [9.17, 15) is 0 Å². The Balaban J connectivity index is 1.30. The maximum Gasteiger partial charge on any atom is 0.0494 e. The molecular formula is C38H54Br2S2. The highest BCUT2D eigenvalue weighted by Crippen LogP contribution is 2.44. The summed E-state index contributed by atoms with van der Waals surface area (Å²) in [6.45, 7) is 4.60. The Labute approximate surface area is 281 Å². The van der Waals surface area contributed by atoms with Crippen LogP contribution in [0.3, 0.4) is 0 Å². The molecule has 0 atom stereocenters. The number of hydrogen-bond acceptors (Lipinski definition) is 2. The van der Waals surface area contributed by atoms with E-state index in [1.807, 2.05) is 22.7 Å². The summed E-state index contributed by atoms with van der Waals surface area (Å²) >= 11 is 11.9. The third-order valence-corrected chi connectivity index (χ3v) is 13.2. The van der Waals surface area contributed by atoms with Gasteiger partial charge >= 0.3 is 0 Å². The predicted molar refractivity (Wildman–Crippen MR) is 201 cm³/mol. The van der Waals surface area contributed by atoms with Crippen LogP contribution < -0.4 is 0 Å². The minimum atomic E-state index is 1.22. The van der Waals surface area contributed by atoms with Crippen molar-refractivity contribution in [3.8, 4) is 0 Å². The molecule has 0 spiro atoms. The molecular weight excluding hydrogens is 680 g/mol. The van der Waals surface area contributed by atoms with Crippen LogP contribution in [0.25, 0.3) is 30.9 Å². The lowest BCUT2D eigenvalue weighted by molar-refractivity contribution is 0.557. The van der Waals surface area contributed by atoms with Crippen molar-refractivity contribution in [2.75, 3.05) is 0 Å². The van der Waals surface area contributed by atoms with Gasteiger partial charge in [-0.2, -0.15) is 0 Å². The molecule has 0 saturated heterocycles. The summed E-state index contributed by atoms with van der Waals surface area (Å²) in [7, 11) is 0. The van der Waals surface area contributed by atoms with Crippen molar-refractivity contribution >= 4 is 85.5 Å². The van der Waals surface area contributed by atoms with E-state index in [-0.39, 0.29) is 0 Å². The molecule has 0 aliphatic carbocycles. The fourth-order valence-electron chi connectivity index (χ4n) is 6.44. The van der Waals surface area contributed by atoms with Crippen LogP contribution in [0.2, 0.25) is 0 Å². The highest BCUT2D eigenvalue weighted by Gasteiger charge is 2.15. The van der Waals surface area contributed by atoms with Gasteiger partial charge in [0.15, 0.2) is 0 Å². The second kappa shape index (κ2) is 19.2. The summed E-state index contributed by atoms with van der Waals surface area (Å²) < 4.78 is 5.35. The van der Waals surface area contributed by atoms with Crippen LogP contribution in [0.15, 0.2) is 33.2 Å². The second-order valence-corrected chi connectivity index (χ2v) is 16.6. The molecule has 4 rings (SSSR count). The Morgan fingerprint density at radius 1 is 0.405 bits per heavy atom. The number of hydrogen-bond donors (Lipinski definition) is 0. The van der Waals surface area contributed by atoms with Crippen LogP contribution in [0, 0.1) is 0 Å². The van der Waals surface area contributed by atoms with Crippen LogP contribution >= 0.6 is 54.5 Å². The molecule has 0 unspecified atom stereocenters. The molecule has 0 nitrogen and oxygen atoms in total. The molecule has 4 heteroatoms. The van der Waals surface area contributed by atoms with E-state index in [0.717, 1.165) is 0 Å². The fraction of sp³-hybridized carbons (Fsp3) is 0.632. The first-order valence-corrected chi connectivity index (χ1v) is 20.6. The molecule has 0 aliphatic rings. The van der Waals surface area contributed by atoms with Crippen molar-refractivity contribution in [3.05, 3.63) is 43.0 Å². The van der Waals surface area contributed by atoms with Gasteiger partial charge in [-0.3, -0.25) is 0 Å². The highest BCUT2D eigenvalue weighted by atomic mass is 79.9. The van der Waals surface area contributed by atoms with E-state index in [1.165, 1.54) is 181 Å². The number of benzene rings is 2. The summed E-state index contributed by atoms with van der Waals surface area (Å²) in [6, 6.07) is 9.78. The number of unbranched alkanes of at least 4 members (excludes halogenated alkanes) is 18. The molecule has 0 N–H and O–H groups in total. The van der Waals surface area contributed by atoms with Gasteiger partial charge in [-0.15, -0.1) is 22.7 Å². The van der Waals surface area contributed by atoms with Crippen molar-refractivity contribution < 1.29 is 0 Å². The average Bonchev–Trinajstić information content (AvgIpc) is 3.62. The Hall–Kier alpha value is -0.420. The molecule has 0 aliphatic heterocycles. The quantitative estimate of drug-likeness (QED) is 0.0706. The minimum Gasteiger partial charge on any atom is -0.139 e. The summed E-state index contributed by atoms with van der Waals surface area (Å²) in [6.07, 6.45) is 30.4. The Morgan fingerprint density at radius 3 is 1.05 bits per heavy atom. The SMILES string of the molecule is CCCCCCCCCCCCc1cc2c(s1)c(Br)cc1c3cc(CCCCCCCCCCCC)sc3c(Br)cc21. The molecule has 0 fully saturated rings. The summed E-state index contributed by atoms with van der Waals surface area (Å²) in [5, 5.41) is 5.66. The van der Waals surface area contributed by atoms with E-state index in [0.29, 0.717) is 0 Å². The highest BCUT2D eigenvalue weighted by molar-refractivity contribution is 9.11. The van der Waals surface area contributed by atoms with E-state index in [4.69, 9.17) is 0 Å². The van der Waals surface area contributed by atoms with Gasteiger partial charge in [-0.25, -0.2) is 0 Å². The van der Waals surface area contributed by atoms with Crippen LogP contribution in [0.1, 0.15) is 152 Å². The molecule has 0 radical (unpaired) electrons. The van der Waals surface area contributed by atoms with E-state index >= 15 is 0 Å². The number of halogens is 2. The fourth-order valence-corrected chi connectivity index (χ4v) is 10.1. The van der Waals surface area contributed by atoms with Gasteiger partial charge in [0.1, 0.15) is 0 Å². The molecule has 0 bridgehead atoms. The number of thiophene rings is 2. The minimum absolute atomic E-state index is 1.22. The van der Waals surface area contributed by atoms with Gasteiger partial charge in [-0.1, -0.05) is 129 Å². The van der Waals surface area contributed by atoms with Crippen LogP contribution in [0.4, 0.5) is 0 Å². The van der Waals surface area contributed by atoms with E-state index < -0.39 is 0 Å². The molecule has 2 heterocycles. The Morgan fingerprint density at radius 2 is 0.714 bits per heavy atom. The lowest BCUT2D eigenvalue weighted by Gasteiger charge is -2.05. The summed E-state index contributed by atoms with van der Waals surface area (Å²) in [4.78, 5) is 3.09. The molecule has 42 heavy (non-hydrogen) atoms. The molecule has 2 aromatic heterocycles. The normalized spacial score (nSPS) is 12.0. The lowest BCUT2D eigenvalue weighted by Crippen LogP contribution is -1.84. The van der Waals surface area contributed by atoms with Crippen molar-refractivity contribution in [1.29, 1.82) is 0 Å². The maximum absolute atomic E-state index is 3.97. The van der Waals surface area contributed by atoms with Gasteiger partial charge in [0.05, 0.1) is 0 Å².